The van der Waals surface area contributed by atoms with Gasteiger partial charge in [0.2, 0.25) is 0 Å². The molecule has 0 aliphatic heterocycles. The summed E-state index contributed by atoms with van der Waals surface area (Å²) in [6, 6.07) is 16.6. The van der Waals surface area contributed by atoms with Gasteiger partial charge in [0.25, 0.3) is 11.9 Å². The fraction of sp³-hybridized carbons (Fsp3) is 0.190. The van der Waals surface area contributed by atoms with Gasteiger partial charge in [-0.1, -0.05) is 23.8 Å². The Morgan fingerprint density at radius 2 is 1.96 bits per heavy atom. The Morgan fingerprint density at radius 1 is 1.11 bits per heavy atom. The van der Waals surface area contributed by atoms with Gasteiger partial charge in [0.05, 0.1) is 0 Å². The van der Waals surface area contributed by atoms with Gasteiger partial charge >= 0.3 is 0 Å². The smallest absolute Gasteiger partial charge is 0.290 e. The molecule has 1 aromatic carbocycles. The molecule has 0 saturated carbocycles. The molecular formula is C21H20N4O3. The van der Waals surface area contributed by atoms with E-state index in [-0.39, 0.29) is 17.6 Å². The number of hydrogen-bond donors (Lipinski definition) is 1. The number of nitrogens with one attached hydrogen (secondary N) is 1. The van der Waals surface area contributed by atoms with E-state index in [2.05, 4.69) is 15.5 Å². The summed E-state index contributed by atoms with van der Waals surface area (Å²) in [6.07, 6.45) is 3.39. The normalized spacial score (nSPS) is 10.9. The van der Waals surface area contributed by atoms with E-state index in [4.69, 9.17) is 9.15 Å². The van der Waals surface area contributed by atoms with Crippen LogP contribution in [0.2, 0.25) is 0 Å². The molecule has 0 aliphatic rings. The van der Waals surface area contributed by atoms with Crippen LogP contribution in [0.1, 0.15) is 28.4 Å². The van der Waals surface area contributed by atoms with Crippen molar-refractivity contribution in [3.63, 3.8) is 0 Å². The van der Waals surface area contributed by atoms with Crippen LogP contribution in [0.3, 0.4) is 0 Å². The molecule has 1 amide bonds. The third-order valence-electron chi connectivity index (χ3n) is 4.29. The minimum atomic E-state index is -0.273. The maximum Gasteiger partial charge on any atom is 0.290 e. The van der Waals surface area contributed by atoms with Crippen LogP contribution >= 0.6 is 0 Å². The SMILES string of the molecule is Cc1ccc(Oc2ccc(C(=O)NCCCc3nnc4ccccn34)o2)cc1. The van der Waals surface area contributed by atoms with Crippen LogP contribution in [0, 0.1) is 6.92 Å². The number of nitrogens with zero attached hydrogens (tertiary/aromatic N) is 3. The van der Waals surface area contributed by atoms with Gasteiger partial charge in [-0.15, -0.1) is 10.2 Å². The fourth-order valence-corrected chi connectivity index (χ4v) is 2.82. The van der Waals surface area contributed by atoms with E-state index < -0.39 is 0 Å². The second-order valence-corrected chi connectivity index (χ2v) is 6.44. The maximum atomic E-state index is 12.2. The first-order valence-corrected chi connectivity index (χ1v) is 9.10. The molecule has 3 aromatic heterocycles. The molecule has 7 heteroatoms. The molecule has 0 unspecified atom stereocenters. The summed E-state index contributed by atoms with van der Waals surface area (Å²) in [7, 11) is 0. The van der Waals surface area contributed by atoms with Crippen molar-refractivity contribution in [2.75, 3.05) is 6.54 Å². The highest BCUT2D eigenvalue weighted by Crippen LogP contribution is 2.24. The van der Waals surface area contributed by atoms with Crippen molar-refractivity contribution in [2.24, 2.45) is 0 Å². The van der Waals surface area contributed by atoms with E-state index in [1.54, 1.807) is 12.1 Å². The number of rotatable bonds is 7. The third kappa shape index (κ3) is 4.03. The van der Waals surface area contributed by atoms with Crippen molar-refractivity contribution in [2.45, 2.75) is 19.8 Å². The van der Waals surface area contributed by atoms with E-state index in [1.807, 2.05) is 60.0 Å². The average molecular weight is 376 g/mol. The zero-order chi connectivity index (χ0) is 19.3. The molecule has 4 rings (SSSR count). The van der Waals surface area contributed by atoms with Gasteiger partial charge in [0, 0.05) is 25.2 Å². The van der Waals surface area contributed by atoms with E-state index in [1.165, 1.54) is 0 Å². The van der Waals surface area contributed by atoms with Crippen molar-refractivity contribution < 1.29 is 13.9 Å². The number of fused-ring (bicyclic) bond motifs is 1. The first-order valence-electron chi connectivity index (χ1n) is 9.10. The number of aryl methyl sites for hydroxylation is 2. The molecule has 4 aromatic rings. The Kier molecular flexibility index (Phi) is 5.05. The molecule has 0 spiro atoms. The summed E-state index contributed by atoms with van der Waals surface area (Å²) in [5, 5.41) is 11.2. The summed E-state index contributed by atoms with van der Waals surface area (Å²) >= 11 is 0. The van der Waals surface area contributed by atoms with Crippen molar-refractivity contribution in [3.05, 3.63) is 77.9 Å². The molecule has 1 N–H and O–H groups in total. The molecule has 142 valence electrons. The minimum Gasteiger partial charge on any atom is -0.426 e. The number of carbonyl (C=O) groups excluding carboxylic acids is 1. The van der Waals surface area contributed by atoms with Crippen LogP contribution in [0.25, 0.3) is 5.65 Å². The molecule has 0 atom stereocenters. The number of aromatic nitrogens is 3. The summed E-state index contributed by atoms with van der Waals surface area (Å²) in [5.74, 6) is 1.76. The predicted molar refractivity (Wildman–Crippen MR) is 104 cm³/mol. The predicted octanol–water partition coefficient (Wildman–Crippen LogP) is 3.79. The summed E-state index contributed by atoms with van der Waals surface area (Å²) in [6.45, 7) is 2.51. The Labute approximate surface area is 162 Å². The van der Waals surface area contributed by atoms with Gasteiger partial charge in [0.15, 0.2) is 11.4 Å². The highest BCUT2D eigenvalue weighted by Gasteiger charge is 2.12. The van der Waals surface area contributed by atoms with E-state index in [0.717, 1.165) is 23.5 Å². The van der Waals surface area contributed by atoms with Gasteiger partial charge in [-0.05, 0) is 43.7 Å². The summed E-state index contributed by atoms with van der Waals surface area (Å²) in [4.78, 5) is 12.2. The minimum absolute atomic E-state index is 0.218. The molecule has 0 radical (unpaired) electrons. The highest BCUT2D eigenvalue weighted by atomic mass is 16.6. The number of benzene rings is 1. The number of amides is 1. The van der Waals surface area contributed by atoms with Crippen LogP contribution < -0.4 is 10.1 Å². The first-order chi connectivity index (χ1) is 13.7. The molecule has 0 fully saturated rings. The van der Waals surface area contributed by atoms with Gasteiger partial charge in [-0.25, -0.2) is 0 Å². The molecule has 0 aliphatic carbocycles. The Balaban J connectivity index is 1.27. The lowest BCUT2D eigenvalue weighted by Gasteiger charge is -2.04. The van der Waals surface area contributed by atoms with Crippen LogP contribution in [0.4, 0.5) is 0 Å². The van der Waals surface area contributed by atoms with Crippen molar-refractivity contribution in [1.29, 1.82) is 0 Å². The average Bonchev–Trinajstić information content (AvgIpc) is 3.34. The molecule has 0 saturated heterocycles. The van der Waals surface area contributed by atoms with Gasteiger partial charge in [-0.2, -0.15) is 0 Å². The van der Waals surface area contributed by atoms with Crippen LogP contribution in [-0.2, 0) is 6.42 Å². The lowest BCUT2D eigenvalue weighted by Crippen LogP contribution is -2.24. The zero-order valence-electron chi connectivity index (χ0n) is 15.5. The topological polar surface area (TPSA) is 81.7 Å². The Bertz CT molecular complexity index is 1080. The monoisotopic (exact) mass is 376 g/mol. The van der Waals surface area contributed by atoms with Crippen LogP contribution in [-0.4, -0.2) is 27.0 Å². The molecule has 28 heavy (non-hydrogen) atoms. The van der Waals surface area contributed by atoms with Crippen molar-refractivity contribution in [1.82, 2.24) is 19.9 Å². The Hall–Kier alpha value is -3.61. The van der Waals surface area contributed by atoms with Gasteiger partial charge in [0.1, 0.15) is 11.6 Å². The standard InChI is InChI=1S/C21H20N4O3/c1-15-7-9-16(10-8-15)27-20-12-11-17(28-20)21(26)22-13-4-6-19-24-23-18-5-2-3-14-25(18)19/h2-3,5,7-12,14H,4,6,13H2,1H3,(H,22,26). The summed E-state index contributed by atoms with van der Waals surface area (Å²) in [5.41, 5.74) is 1.96. The summed E-state index contributed by atoms with van der Waals surface area (Å²) < 4.78 is 13.0. The molecular weight excluding hydrogens is 356 g/mol. The van der Waals surface area contributed by atoms with Gasteiger partial charge in [-0.3, -0.25) is 9.20 Å². The maximum absolute atomic E-state index is 12.2. The molecule has 0 bridgehead atoms. The quantitative estimate of drug-likeness (QED) is 0.496. The van der Waals surface area contributed by atoms with Crippen molar-refractivity contribution >= 4 is 11.6 Å². The number of hydrogen-bond acceptors (Lipinski definition) is 5. The highest BCUT2D eigenvalue weighted by molar-refractivity contribution is 5.91. The molecule has 3 heterocycles. The van der Waals surface area contributed by atoms with E-state index in [9.17, 15) is 4.79 Å². The lowest BCUT2D eigenvalue weighted by molar-refractivity contribution is 0.0920. The van der Waals surface area contributed by atoms with E-state index in [0.29, 0.717) is 18.7 Å². The van der Waals surface area contributed by atoms with Crippen LogP contribution in [0.5, 0.6) is 11.7 Å². The van der Waals surface area contributed by atoms with Crippen LogP contribution in [0.15, 0.2) is 65.2 Å². The zero-order valence-corrected chi connectivity index (χ0v) is 15.5. The number of ether oxygens (including phenoxy) is 1. The van der Waals surface area contributed by atoms with E-state index >= 15 is 0 Å². The number of furan rings is 1. The lowest BCUT2D eigenvalue weighted by atomic mass is 10.2. The van der Waals surface area contributed by atoms with Crippen molar-refractivity contribution in [3.8, 4) is 11.7 Å². The van der Waals surface area contributed by atoms with Gasteiger partial charge < -0.3 is 14.5 Å². The number of pyridine rings is 1. The third-order valence-corrected chi connectivity index (χ3v) is 4.29. The second kappa shape index (κ2) is 7.96. The largest absolute Gasteiger partial charge is 0.426 e. The second-order valence-electron chi connectivity index (χ2n) is 6.44. The number of carbonyl (C=O) groups is 1. The molecule has 7 nitrogen and oxygen atoms in total. The Morgan fingerprint density at radius 3 is 2.82 bits per heavy atom. The first kappa shape index (κ1) is 17.8. The fourth-order valence-electron chi connectivity index (χ4n) is 2.82.